The number of piperidine rings is 1. The number of aromatic nitrogens is 1. The van der Waals surface area contributed by atoms with Crippen LogP contribution < -0.4 is 0 Å². The number of nitrogens with zero attached hydrogens (tertiary/aromatic N) is 2. The third-order valence-electron chi connectivity index (χ3n) is 7.19. The summed E-state index contributed by atoms with van der Waals surface area (Å²) < 4.78 is 5.32. The largest absolute Gasteiger partial charge is 0.360 e. The summed E-state index contributed by atoms with van der Waals surface area (Å²) in [6.07, 6.45) is 12.0. The molecule has 2 saturated carbocycles. The van der Waals surface area contributed by atoms with Gasteiger partial charge in [0.2, 0.25) is 5.91 Å². The van der Waals surface area contributed by atoms with Crippen molar-refractivity contribution in [2.75, 3.05) is 13.1 Å². The molecule has 0 radical (unpaired) electrons. The van der Waals surface area contributed by atoms with Crippen molar-refractivity contribution in [3.05, 3.63) is 17.5 Å². The molecule has 0 spiro atoms. The molecule has 3 aliphatic rings. The predicted molar refractivity (Wildman–Crippen MR) is 107 cm³/mol. The second-order valence-corrected chi connectivity index (χ2v) is 9.42. The molecule has 1 amide bonds. The topological polar surface area (TPSA) is 63.4 Å². The second kappa shape index (κ2) is 8.79. The van der Waals surface area contributed by atoms with Crippen LogP contribution in [0.4, 0.5) is 0 Å². The number of hydrogen-bond donors (Lipinski definition) is 0. The van der Waals surface area contributed by atoms with Gasteiger partial charge in [0.25, 0.3) is 0 Å². The Morgan fingerprint density at radius 2 is 1.82 bits per heavy atom. The Kier molecular flexibility index (Phi) is 6.17. The van der Waals surface area contributed by atoms with E-state index in [1.165, 1.54) is 32.1 Å². The maximum absolute atomic E-state index is 12.6. The molecule has 28 heavy (non-hydrogen) atoms. The highest BCUT2D eigenvalue weighted by Gasteiger charge is 2.31. The fourth-order valence-corrected chi connectivity index (χ4v) is 5.03. The minimum atomic E-state index is 0.0963. The zero-order valence-corrected chi connectivity index (χ0v) is 17.2. The third-order valence-corrected chi connectivity index (χ3v) is 7.19. The molecule has 5 nitrogen and oxygen atoms in total. The van der Waals surface area contributed by atoms with Crippen LogP contribution in [-0.4, -0.2) is 34.8 Å². The zero-order valence-electron chi connectivity index (χ0n) is 17.2. The molecule has 0 unspecified atom stereocenters. The average molecular weight is 387 g/mol. The molecule has 3 fully saturated rings. The van der Waals surface area contributed by atoms with Crippen molar-refractivity contribution in [2.45, 2.75) is 83.5 Å². The number of carbonyl (C=O) groups excluding carboxylic acids is 2. The van der Waals surface area contributed by atoms with Gasteiger partial charge in [-0.05, 0) is 56.3 Å². The molecule has 0 N–H and O–H groups in total. The van der Waals surface area contributed by atoms with Gasteiger partial charge in [0.05, 0.1) is 0 Å². The van der Waals surface area contributed by atoms with Gasteiger partial charge >= 0.3 is 0 Å². The molecule has 154 valence electrons. The van der Waals surface area contributed by atoms with Gasteiger partial charge in [-0.3, -0.25) is 9.59 Å². The highest BCUT2D eigenvalue weighted by atomic mass is 16.5. The lowest BCUT2D eigenvalue weighted by molar-refractivity contribution is -0.134. The van der Waals surface area contributed by atoms with Crippen LogP contribution in [-0.2, 0) is 4.79 Å². The van der Waals surface area contributed by atoms with E-state index in [0.29, 0.717) is 41.7 Å². The fraction of sp³-hybridized carbons (Fsp3) is 0.783. The molecule has 2 heterocycles. The first-order chi connectivity index (χ1) is 13.6. The lowest BCUT2D eigenvalue weighted by atomic mass is 9.82. The van der Waals surface area contributed by atoms with Crippen LogP contribution in [0.3, 0.4) is 0 Å². The van der Waals surface area contributed by atoms with E-state index < -0.39 is 0 Å². The SMILES string of the molecule is C[C@H](CC(=O)c1cc(C2CC2)on1)C1CCN(C(=O)CC2CCCCC2)CC1. The first-order valence-corrected chi connectivity index (χ1v) is 11.4. The van der Waals surface area contributed by atoms with Crippen LogP contribution >= 0.6 is 0 Å². The van der Waals surface area contributed by atoms with Gasteiger partial charge in [0, 0.05) is 37.9 Å². The molecule has 0 aromatic carbocycles. The fourth-order valence-electron chi connectivity index (χ4n) is 5.03. The highest BCUT2D eigenvalue weighted by Crippen LogP contribution is 2.40. The van der Waals surface area contributed by atoms with Gasteiger partial charge in [0.1, 0.15) is 11.5 Å². The molecule has 4 rings (SSSR count). The van der Waals surface area contributed by atoms with Crippen LogP contribution in [0, 0.1) is 17.8 Å². The number of hydrogen-bond acceptors (Lipinski definition) is 4. The molecular formula is C23H34N2O3. The van der Waals surface area contributed by atoms with Crippen molar-refractivity contribution in [3.8, 4) is 0 Å². The number of Topliss-reactive ketones (excluding diaryl/α,β-unsaturated/α-hetero) is 1. The molecular weight excluding hydrogens is 352 g/mol. The summed E-state index contributed by atoms with van der Waals surface area (Å²) in [6, 6.07) is 1.85. The summed E-state index contributed by atoms with van der Waals surface area (Å²) in [5, 5.41) is 3.99. The predicted octanol–water partition coefficient (Wildman–Crippen LogP) is 4.97. The van der Waals surface area contributed by atoms with Crippen LogP contribution in [0.1, 0.15) is 99.7 Å². The number of amides is 1. The first-order valence-electron chi connectivity index (χ1n) is 11.4. The van der Waals surface area contributed by atoms with E-state index >= 15 is 0 Å². The van der Waals surface area contributed by atoms with Gasteiger partial charge in [-0.2, -0.15) is 0 Å². The Morgan fingerprint density at radius 1 is 1.11 bits per heavy atom. The van der Waals surface area contributed by atoms with E-state index in [4.69, 9.17) is 4.52 Å². The minimum Gasteiger partial charge on any atom is -0.360 e. The quantitative estimate of drug-likeness (QED) is 0.621. The number of likely N-dealkylation sites (tertiary alicyclic amines) is 1. The Hall–Kier alpha value is -1.65. The van der Waals surface area contributed by atoms with Crippen LogP contribution in [0.2, 0.25) is 0 Å². The van der Waals surface area contributed by atoms with Gasteiger partial charge in [-0.25, -0.2) is 0 Å². The molecule has 5 heteroatoms. The summed E-state index contributed by atoms with van der Waals surface area (Å²) in [7, 11) is 0. The zero-order chi connectivity index (χ0) is 19.5. The van der Waals surface area contributed by atoms with E-state index in [9.17, 15) is 9.59 Å². The molecule has 1 aromatic rings. The third kappa shape index (κ3) is 4.84. The number of rotatable bonds is 7. The van der Waals surface area contributed by atoms with E-state index in [0.717, 1.165) is 51.0 Å². The lowest BCUT2D eigenvalue weighted by Crippen LogP contribution is -2.40. The molecule has 1 saturated heterocycles. The van der Waals surface area contributed by atoms with Crippen LogP contribution in [0.5, 0.6) is 0 Å². The summed E-state index contributed by atoms with van der Waals surface area (Å²) in [5.41, 5.74) is 0.494. The molecule has 2 aliphatic carbocycles. The van der Waals surface area contributed by atoms with E-state index in [-0.39, 0.29) is 5.78 Å². The summed E-state index contributed by atoms with van der Waals surface area (Å²) in [5.74, 6) is 3.26. The van der Waals surface area contributed by atoms with Gasteiger partial charge in [-0.15, -0.1) is 0 Å². The Morgan fingerprint density at radius 3 is 2.50 bits per heavy atom. The normalized spacial score (nSPS) is 23.0. The smallest absolute Gasteiger partial charge is 0.222 e. The standard InChI is InChI=1S/C23H34N2O3/c1-16(13-21(26)20-15-22(28-24-20)19-7-8-19)18-9-11-25(12-10-18)23(27)14-17-5-3-2-4-6-17/h15-19H,2-14H2,1H3/t16-/m1/s1. The minimum absolute atomic E-state index is 0.0963. The molecule has 0 bridgehead atoms. The van der Waals surface area contributed by atoms with E-state index in [2.05, 4.69) is 17.0 Å². The van der Waals surface area contributed by atoms with Crippen LogP contribution in [0.25, 0.3) is 0 Å². The maximum atomic E-state index is 12.6. The Balaban J connectivity index is 1.21. The van der Waals surface area contributed by atoms with Crippen molar-refractivity contribution >= 4 is 11.7 Å². The average Bonchev–Trinajstić information content (AvgIpc) is 3.45. The second-order valence-electron chi connectivity index (χ2n) is 9.42. The Labute approximate surface area is 168 Å². The van der Waals surface area contributed by atoms with Gasteiger partial charge < -0.3 is 9.42 Å². The van der Waals surface area contributed by atoms with E-state index in [1.807, 2.05) is 6.07 Å². The summed E-state index contributed by atoms with van der Waals surface area (Å²) in [4.78, 5) is 27.3. The van der Waals surface area contributed by atoms with Crippen molar-refractivity contribution < 1.29 is 14.1 Å². The maximum Gasteiger partial charge on any atom is 0.222 e. The van der Waals surface area contributed by atoms with Crippen molar-refractivity contribution in [1.82, 2.24) is 10.1 Å². The van der Waals surface area contributed by atoms with Crippen molar-refractivity contribution in [3.63, 3.8) is 0 Å². The van der Waals surface area contributed by atoms with Crippen molar-refractivity contribution in [1.29, 1.82) is 0 Å². The van der Waals surface area contributed by atoms with Crippen LogP contribution in [0.15, 0.2) is 10.6 Å². The van der Waals surface area contributed by atoms with Gasteiger partial charge in [-0.1, -0.05) is 31.3 Å². The Bertz CT molecular complexity index is 680. The number of carbonyl (C=O) groups is 2. The molecule has 1 aromatic heterocycles. The summed E-state index contributed by atoms with van der Waals surface area (Å²) >= 11 is 0. The van der Waals surface area contributed by atoms with Crippen molar-refractivity contribution in [2.24, 2.45) is 17.8 Å². The number of ketones is 1. The summed E-state index contributed by atoms with van der Waals surface area (Å²) in [6.45, 7) is 3.87. The monoisotopic (exact) mass is 386 g/mol. The lowest BCUT2D eigenvalue weighted by Gasteiger charge is -2.35. The van der Waals surface area contributed by atoms with E-state index in [1.54, 1.807) is 0 Å². The highest BCUT2D eigenvalue weighted by molar-refractivity contribution is 5.94. The van der Waals surface area contributed by atoms with Gasteiger partial charge in [0.15, 0.2) is 5.78 Å². The molecule has 1 aliphatic heterocycles. The molecule has 1 atom stereocenters. The first kappa shape index (κ1) is 19.7.